The minimum atomic E-state index is -1.32. The number of hydrogen-bond donors (Lipinski definition) is 0. The van der Waals surface area contributed by atoms with Gasteiger partial charge in [0.2, 0.25) is 0 Å². The average molecular weight is 357 g/mol. The fourth-order valence-electron chi connectivity index (χ4n) is 2.71. The van der Waals surface area contributed by atoms with E-state index in [1.54, 1.807) is 38.1 Å². The van der Waals surface area contributed by atoms with Crippen molar-refractivity contribution in [3.05, 3.63) is 34.9 Å². The Morgan fingerprint density at radius 2 is 1.38 bits per heavy atom. The molecule has 0 amide bonds. The topological polar surface area (TPSA) is 78.9 Å². The summed E-state index contributed by atoms with van der Waals surface area (Å²) in [7, 11) is 3.58. The minimum Gasteiger partial charge on any atom is -0.469 e. The van der Waals surface area contributed by atoms with E-state index in [1.807, 2.05) is 0 Å². The van der Waals surface area contributed by atoms with Crippen molar-refractivity contribution in [2.24, 2.45) is 11.3 Å². The highest BCUT2D eigenvalue weighted by Gasteiger charge is 2.50. The van der Waals surface area contributed by atoms with E-state index in [-0.39, 0.29) is 0 Å². The number of ether oxygens (including phenoxy) is 3. The van der Waals surface area contributed by atoms with Gasteiger partial charge in [0.05, 0.1) is 26.7 Å². The lowest BCUT2D eigenvalue weighted by atomic mass is 9.68. The first-order valence-electron chi connectivity index (χ1n) is 7.20. The van der Waals surface area contributed by atoms with Crippen LogP contribution in [0.2, 0.25) is 5.02 Å². The highest BCUT2D eigenvalue weighted by atomic mass is 35.5. The van der Waals surface area contributed by atoms with E-state index in [9.17, 15) is 14.4 Å². The van der Waals surface area contributed by atoms with Gasteiger partial charge >= 0.3 is 17.9 Å². The molecule has 0 saturated heterocycles. The molecule has 0 spiro atoms. The van der Waals surface area contributed by atoms with E-state index in [4.69, 9.17) is 25.8 Å². The lowest BCUT2D eigenvalue weighted by molar-refractivity contribution is -0.165. The van der Waals surface area contributed by atoms with Crippen molar-refractivity contribution >= 4 is 29.5 Å². The Morgan fingerprint density at radius 3 is 1.75 bits per heavy atom. The Morgan fingerprint density at radius 1 is 0.917 bits per heavy atom. The predicted octanol–water partition coefficient (Wildman–Crippen LogP) is 2.59. The molecule has 0 aliphatic heterocycles. The fourth-order valence-corrected chi connectivity index (χ4v) is 2.83. The number of benzene rings is 1. The molecule has 0 radical (unpaired) electrons. The first-order valence-corrected chi connectivity index (χ1v) is 7.58. The fraction of sp³-hybridized carbons (Fsp3) is 0.471. The van der Waals surface area contributed by atoms with Gasteiger partial charge in [-0.15, -0.1) is 0 Å². The molecule has 0 bridgehead atoms. The van der Waals surface area contributed by atoms with E-state index in [0.29, 0.717) is 10.6 Å². The maximum atomic E-state index is 12.3. The second-order valence-electron chi connectivity index (χ2n) is 5.77. The monoisotopic (exact) mass is 356 g/mol. The highest BCUT2D eigenvalue weighted by molar-refractivity contribution is 6.30. The summed E-state index contributed by atoms with van der Waals surface area (Å²) >= 11 is 5.90. The van der Waals surface area contributed by atoms with Crippen LogP contribution in [0.4, 0.5) is 0 Å². The number of halogens is 1. The molecule has 1 aromatic carbocycles. The molecule has 0 N–H and O–H groups in total. The van der Waals surface area contributed by atoms with Crippen molar-refractivity contribution in [1.29, 1.82) is 0 Å². The van der Waals surface area contributed by atoms with Crippen LogP contribution in [0, 0.1) is 11.3 Å². The van der Waals surface area contributed by atoms with E-state index in [2.05, 4.69) is 0 Å². The summed E-state index contributed by atoms with van der Waals surface area (Å²) < 4.78 is 14.4. The van der Waals surface area contributed by atoms with Crippen molar-refractivity contribution in [1.82, 2.24) is 0 Å². The summed E-state index contributed by atoms with van der Waals surface area (Å²) in [6, 6.07) is 6.53. The molecular weight excluding hydrogens is 336 g/mol. The lowest BCUT2D eigenvalue weighted by Gasteiger charge is -2.35. The quantitative estimate of drug-likeness (QED) is 0.443. The summed E-state index contributed by atoms with van der Waals surface area (Å²) in [6.07, 6.45) is 0. The second-order valence-corrected chi connectivity index (χ2v) is 6.20. The molecule has 1 rings (SSSR count). The maximum Gasteiger partial charge on any atom is 0.320 e. The Balaban J connectivity index is 3.56. The Labute approximate surface area is 146 Å². The number of esters is 3. The summed E-state index contributed by atoms with van der Waals surface area (Å²) in [4.78, 5) is 36.8. The van der Waals surface area contributed by atoms with Crippen molar-refractivity contribution in [3.8, 4) is 0 Å². The molecule has 132 valence electrons. The van der Waals surface area contributed by atoms with Crippen LogP contribution in [0.5, 0.6) is 0 Å². The molecule has 7 heteroatoms. The van der Waals surface area contributed by atoms with E-state index in [1.165, 1.54) is 21.3 Å². The molecule has 0 aliphatic carbocycles. The summed E-state index contributed by atoms with van der Waals surface area (Å²) in [5, 5.41) is 0.487. The zero-order valence-corrected chi connectivity index (χ0v) is 15.0. The lowest BCUT2D eigenvalue weighted by Crippen LogP contribution is -2.43. The van der Waals surface area contributed by atoms with Gasteiger partial charge in [0.15, 0.2) is 5.92 Å². The number of carbonyl (C=O) groups is 3. The number of methoxy groups -OCH3 is 3. The summed E-state index contributed by atoms with van der Waals surface area (Å²) in [5.41, 5.74) is -0.633. The zero-order valence-electron chi connectivity index (χ0n) is 14.3. The van der Waals surface area contributed by atoms with Gasteiger partial charge in [-0.2, -0.15) is 0 Å². The van der Waals surface area contributed by atoms with Crippen LogP contribution < -0.4 is 0 Å². The summed E-state index contributed by atoms with van der Waals surface area (Å²) in [5.74, 6) is -4.34. The summed E-state index contributed by atoms with van der Waals surface area (Å²) in [6.45, 7) is 3.19. The van der Waals surface area contributed by atoms with Crippen molar-refractivity contribution in [2.45, 2.75) is 19.8 Å². The minimum absolute atomic E-state index is 0.487. The molecule has 24 heavy (non-hydrogen) atoms. The largest absolute Gasteiger partial charge is 0.469 e. The van der Waals surface area contributed by atoms with Gasteiger partial charge in [0, 0.05) is 10.9 Å². The van der Waals surface area contributed by atoms with Gasteiger partial charge in [-0.05, 0) is 31.5 Å². The molecule has 0 aliphatic rings. The number of rotatable bonds is 6. The highest BCUT2D eigenvalue weighted by Crippen LogP contribution is 2.43. The van der Waals surface area contributed by atoms with Crippen LogP contribution >= 0.6 is 11.6 Å². The van der Waals surface area contributed by atoms with Gasteiger partial charge in [0.1, 0.15) is 0 Å². The normalized spacial score (nSPS) is 12.5. The van der Waals surface area contributed by atoms with Crippen molar-refractivity contribution in [3.63, 3.8) is 0 Å². The Hall–Kier alpha value is -2.08. The molecule has 0 heterocycles. The molecule has 1 aromatic rings. The first kappa shape index (κ1) is 20.0. The molecule has 1 unspecified atom stereocenters. The smallest absolute Gasteiger partial charge is 0.320 e. The van der Waals surface area contributed by atoms with Gasteiger partial charge < -0.3 is 14.2 Å². The Bertz CT molecular complexity index is 592. The molecule has 6 nitrogen and oxygen atoms in total. The molecule has 1 atom stereocenters. The van der Waals surface area contributed by atoms with Crippen LogP contribution in [0.25, 0.3) is 0 Å². The van der Waals surface area contributed by atoms with Crippen LogP contribution in [0.15, 0.2) is 24.3 Å². The van der Waals surface area contributed by atoms with Gasteiger partial charge in [0.25, 0.3) is 0 Å². The second kappa shape index (κ2) is 8.15. The van der Waals surface area contributed by atoms with E-state index in [0.717, 1.165) is 0 Å². The molecule has 0 fully saturated rings. The maximum absolute atomic E-state index is 12.3. The van der Waals surface area contributed by atoms with Crippen LogP contribution in [0.3, 0.4) is 0 Å². The third-order valence-electron chi connectivity index (χ3n) is 3.96. The standard InChI is InChI=1S/C17H21ClO6/c1-17(2,16(21)24-5)13(10-6-8-11(18)9-7-10)12(14(19)22-3)15(20)23-4/h6-9,12-13H,1-5H3. The van der Waals surface area contributed by atoms with Crippen molar-refractivity contribution in [2.75, 3.05) is 21.3 Å². The van der Waals surface area contributed by atoms with Crippen LogP contribution in [-0.4, -0.2) is 39.2 Å². The molecular formula is C17H21ClO6. The van der Waals surface area contributed by atoms with E-state index >= 15 is 0 Å². The van der Waals surface area contributed by atoms with Crippen LogP contribution in [-0.2, 0) is 28.6 Å². The van der Waals surface area contributed by atoms with Gasteiger partial charge in [-0.1, -0.05) is 23.7 Å². The van der Waals surface area contributed by atoms with Crippen LogP contribution in [0.1, 0.15) is 25.3 Å². The molecule has 0 saturated carbocycles. The van der Waals surface area contributed by atoms with Crippen molar-refractivity contribution < 1.29 is 28.6 Å². The third kappa shape index (κ3) is 4.06. The van der Waals surface area contributed by atoms with Gasteiger partial charge in [-0.25, -0.2) is 0 Å². The third-order valence-corrected chi connectivity index (χ3v) is 4.21. The van der Waals surface area contributed by atoms with Gasteiger partial charge in [-0.3, -0.25) is 14.4 Å². The average Bonchev–Trinajstić information content (AvgIpc) is 2.58. The SMILES string of the molecule is COC(=O)C(C(=O)OC)C(c1ccc(Cl)cc1)C(C)(C)C(=O)OC. The first-order chi connectivity index (χ1) is 11.2. The van der Waals surface area contributed by atoms with E-state index < -0.39 is 35.2 Å². The molecule has 0 aromatic heterocycles. The zero-order chi connectivity index (χ0) is 18.5. The number of hydrogen-bond acceptors (Lipinski definition) is 6. The number of carbonyl (C=O) groups excluding carboxylic acids is 3. The predicted molar refractivity (Wildman–Crippen MR) is 87.5 cm³/mol. The Kier molecular flexibility index (Phi) is 6.78.